The molecule has 1 rings (SSSR count). The lowest BCUT2D eigenvalue weighted by atomic mass is 10.2. The lowest BCUT2D eigenvalue weighted by Crippen LogP contribution is -2.40. The van der Waals surface area contributed by atoms with Gasteiger partial charge in [0, 0.05) is 13.2 Å². The Balaban J connectivity index is 2.60. The van der Waals surface area contributed by atoms with E-state index in [2.05, 4.69) is 5.32 Å². The molecule has 1 fully saturated rings. The first-order valence-electron chi connectivity index (χ1n) is 4.61. The van der Waals surface area contributed by atoms with E-state index < -0.39 is 26.8 Å². The van der Waals surface area contributed by atoms with Gasteiger partial charge in [0.15, 0.2) is 5.34 Å². The maximum atomic E-state index is 11.2. The van der Waals surface area contributed by atoms with Crippen LogP contribution in [0.5, 0.6) is 0 Å². The summed E-state index contributed by atoms with van der Waals surface area (Å²) >= 11 is 0. The highest BCUT2D eigenvalue weighted by molar-refractivity contribution is 7.53. The molecule has 0 aliphatic carbocycles. The molecule has 1 saturated heterocycles. The minimum atomic E-state index is -4.46. The molecule has 10 heteroatoms. The largest absolute Gasteiger partial charge is 0.361 e. The van der Waals surface area contributed by atoms with E-state index in [4.69, 9.17) is 24.3 Å². The lowest BCUT2D eigenvalue weighted by molar-refractivity contribution is 0.0501. The standard InChI is InChI=1S/C6H15NO7P2/c8-15(9,10)5-7-4-6(16(11,12)13)2-1-3-14-6/h7H,1-5H2,(H2,8,9,10)(H2,11,12,13). The lowest BCUT2D eigenvalue weighted by Gasteiger charge is -2.29. The number of hydrogen-bond acceptors (Lipinski definition) is 4. The SMILES string of the molecule is O=P(O)(O)CNCC1(P(=O)(O)O)CCCO1. The van der Waals surface area contributed by atoms with Gasteiger partial charge >= 0.3 is 15.2 Å². The van der Waals surface area contributed by atoms with Gasteiger partial charge in [-0.3, -0.25) is 9.13 Å². The third-order valence-electron chi connectivity index (χ3n) is 2.33. The van der Waals surface area contributed by atoms with E-state index in [1.165, 1.54) is 0 Å². The zero-order valence-electron chi connectivity index (χ0n) is 8.44. The van der Waals surface area contributed by atoms with Crippen molar-refractivity contribution in [1.82, 2.24) is 5.32 Å². The van der Waals surface area contributed by atoms with Gasteiger partial charge in [-0.15, -0.1) is 0 Å². The summed E-state index contributed by atoms with van der Waals surface area (Å²) < 4.78 is 26.8. The van der Waals surface area contributed by atoms with Crippen molar-refractivity contribution in [3.8, 4) is 0 Å². The predicted molar refractivity (Wildman–Crippen MR) is 54.9 cm³/mol. The Hall–Kier alpha value is 0.220. The summed E-state index contributed by atoms with van der Waals surface area (Å²) in [5.74, 6) is 0. The second-order valence-corrected chi connectivity index (χ2v) is 7.24. The maximum absolute atomic E-state index is 11.2. The van der Waals surface area contributed by atoms with E-state index in [9.17, 15) is 9.13 Å². The zero-order chi connectivity index (χ0) is 12.4. The molecule has 0 aromatic heterocycles. The predicted octanol–water partition coefficient (Wildman–Crippen LogP) is -0.604. The summed E-state index contributed by atoms with van der Waals surface area (Å²) in [4.78, 5) is 35.5. The first-order chi connectivity index (χ1) is 7.16. The van der Waals surface area contributed by atoms with E-state index >= 15 is 0 Å². The number of hydrogen-bond donors (Lipinski definition) is 5. The van der Waals surface area contributed by atoms with Crippen molar-refractivity contribution in [2.45, 2.75) is 18.2 Å². The van der Waals surface area contributed by atoms with E-state index in [-0.39, 0.29) is 19.6 Å². The molecule has 16 heavy (non-hydrogen) atoms. The molecule has 0 spiro atoms. The van der Waals surface area contributed by atoms with Crippen LogP contribution in [0.15, 0.2) is 0 Å². The molecule has 0 amide bonds. The first-order valence-corrected chi connectivity index (χ1v) is 8.02. The molecule has 0 bridgehead atoms. The van der Waals surface area contributed by atoms with Crippen LogP contribution in [0.4, 0.5) is 0 Å². The van der Waals surface area contributed by atoms with Crippen molar-refractivity contribution in [2.24, 2.45) is 0 Å². The molecule has 1 heterocycles. The fourth-order valence-corrected chi connectivity index (χ4v) is 2.98. The van der Waals surface area contributed by atoms with Crippen molar-refractivity contribution >= 4 is 15.2 Å². The smallest absolute Gasteiger partial charge is 0.358 e. The highest BCUT2D eigenvalue weighted by Gasteiger charge is 2.50. The zero-order valence-corrected chi connectivity index (χ0v) is 10.2. The summed E-state index contributed by atoms with van der Waals surface area (Å²) in [6.45, 7) is -0.0366. The minimum absolute atomic E-state index is 0.172. The molecule has 0 aromatic carbocycles. The Morgan fingerprint density at radius 1 is 1.25 bits per heavy atom. The van der Waals surface area contributed by atoms with Gasteiger partial charge in [0.05, 0.1) is 6.29 Å². The summed E-state index contributed by atoms with van der Waals surface area (Å²) in [6.07, 6.45) is 0.0618. The van der Waals surface area contributed by atoms with Crippen LogP contribution in [0.2, 0.25) is 0 Å². The van der Waals surface area contributed by atoms with Crippen molar-refractivity contribution in [3.63, 3.8) is 0 Å². The molecule has 1 atom stereocenters. The molecule has 0 radical (unpaired) electrons. The highest BCUT2D eigenvalue weighted by Crippen LogP contribution is 2.55. The van der Waals surface area contributed by atoms with Gasteiger partial charge in [-0.2, -0.15) is 0 Å². The molecule has 1 aliphatic rings. The summed E-state index contributed by atoms with van der Waals surface area (Å²) in [6, 6.07) is 0. The molecule has 0 aromatic rings. The van der Waals surface area contributed by atoms with Crippen molar-refractivity contribution in [2.75, 3.05) is 19.4 Å². The minimum Gasteiger partial charge on any atom is -0.361 e. The van der Waals surface area contributed by atoms with Gasteiger partial charge in [-0.05, 0) is 12.8 Å². The van der Waals surface area contributed by atoms with E-state index in [1.54, 1.807) is 0 Å². The van der Waals surface area contributed by atoms with Crippen LogP contribution in [-0.2, 0) is 13.9 Å². The molecular formula is C6H15NO7P2. The van der Waals surface area contributed by atoms with Crippen molar-refractivity contribution in [1.29, 1.82) is 0 Å². The molecule has 8 nitrogen and oxygen atoms in total. The van der Waals surface area contributed by atoms with Crippen LogP contribution in [0.3, 0.4) is 0 Å². The Morgan fingerprint density at radius 2 is 1.88 bits per heavy atom. The van der Waals surface area contributed by atoms with Gasteiger partial charge in [-0.25, -0.2) is 0 Å². The normalized spacial score (nSPS) is 27.2. The summed E-state index contributed by atoms with van der Waals surface area (Å²) in [5.41, 5.74) is 0. The summed E-state index contributed by atoms with van der Waals surface area (Å²) in [5, 5.41) is 0.698. The maximum Gasteiger partial charge on any atom is 0.358 e. The van der Waals surface area contributed by atoms with Crippen LogP contribution in [-0.4, -0.2) is 44.4 Å². The molecule has 5 N–H and O–H groups in total. The third-order valence-corrected chi connectivity index (χ3v) is 4.54. The monoisotopic (exact) mass is 275 g/mol. The van der Waals surface area contributed by atoms with Gasteiger partial charge in [0.25, 0.3) is 0 Å². The number of nitrogens with one attached hydrogen (secondary N) is 1. The average molecular weight is 275 g/mol. The van der Waals surface area contributed by atoms with E-state index in [1.807, 2.05) is 0 Å². The summed E-state index contributed by atoms with van der Waals surface area (Å²) in [7, 11) is -8.69. The van der Waals surface area contributed by atoms with Crippen LogP contribution in [0.1, 0.15) is 12.8 Å². The molecular weight excluding hydrogens is 260 g/mol. The molecule has 1 unspecified atom stereocenters. The van der Waals surface area contributed by atoms with Crippen LogP contribution in [0.25, 0.3) is 0 Å². The third kappa shape index (κ3) is 3.61. The second kappa shape index (κ2) is 4.84. The van der Waals surface area contributed by atoms with Gasteiger partial charge < -0.3 is 29.6 Å². The van der Waals surface area contributed by atoms with Crippen LogP contribution >= 0.6 is 15.2 Å². The fraction of sp³-hybridized carbons (Fsp3) is 1.00. The van der Waals surface area contributed by atoms with Crippen molar-refractivity contribution in [3.05, 3.63) is 0 Å². The van der Waals surface area contributed by atoms with Gasteiger partial charge in [0.2, 0.25) is 0 Å². The van der Waals surface area contributed by atoms with Gasteiger partial charge in [0.1, 0.15) is 0 Å². The second-order valence-electron chi connectivity index (χ2n) is 3.69. The van der Waals surface area contributed by atoms with Crippen LogP contribution in [0, 0.1) is 0 Å². The Kier molecular flexibility index (Phi) is 4.32. The Morgan fingerprint density at radius 3 is 2.25 bits per heavy atom. The van der Waals surface area contributed by atoms with E-state index in [0.29, 0.717) is 6.42 Å². The fourth-order valence-electron chi connectivity index (χ4n) is 1.55. The highest BCUT2D eigenvalue weighted by atomic mass is 31.2. The molecule has 1 aliphatic heterocycles. The first kappa shape index (κ1) is 14.3. The number of rotatable bonds is 5. The molecule has 96 valence electrons. The average Bonchev–Trinajstić information content (AvgIpc) is 2.50. The quantitative estimate of drug-likeness (QED) is 0.419. The van der Waals surface area contributed by atoms with Crippen molar-refractivity contribution < 1.29 is 33.4 Å². The Labute approximate surface area is 92.3 Å². The van der Waals surface area contributed by atoms with Gasteiger partial charge in [-0.1, -0.05) is 0 Å². The Bertz CT molecular complexity index is 328. The van der Waals surface area contributed by atoms with E-state index in [0.717, 1.165) is 0 Å². The topological polar surface area (TPSA) is 136 Å². The molecule has 0 saturated carbocycles. The number of ether oxygens (including phenoxy) is 1. The van der Waals surface area contributed by atoms with Crippen LogP contribution < -0.4 is 5.32 Å².